The number of hydrogen-bond acceptors (Lipinski definition) is 6. The van der Waals surface area contributed by atoms with Crippen LogP contribution in [0.15, 0.2) is 48.5 Å². The summed E-state index contributed by atoms with van der Waals surface area (Å²) in [4.78, 5) is 60.8. The number of rotatable bonds is 9. The molecule has 0 fully saturated rings. The highest BCUT2D eigenvalue weighted by Gasteiger charge is 2.37. The number of carboxylic acids is 1. The van der Waals surface area contributed by atoms with Crippen LogP contribution in [0, 0.1) is 0 Å². The summed E-state index contributed by atoms with van der Waals surface area (Å²) in [5.74, 6) is -2.71. The summed E-state index contributed by atoms with van der Waals surface area (Å²) in [5.41, 5.74) is 7.44. The largest absolute Gasteiger partial charge is 0.481 e. The van der Waals surface area contributed by atoms with Crippen molar-refractivity contribution in [2.24, 2.45) is 5.73 Å². The van der Waals surface area contributed by atoms with Gasteiger partial charge in [0.2, 0.25) is 5.91 Å². The van der Waals surface area contributed by atoms with E-state index >= 15 is 0 Å². The number of aldehydes is 1. The summed E-state index contributed by atoms with van der Waals surface area (Å²) in [6.07, 6.45) is -0.0491. The second-order valence-electron chi connectivity index (χ2n) is 7.14. The number of carbonyl (C=O) groups excluding carboxylic acids is 4. The average Bonchev–Trinajstić information content (AvgIpc) is 2.99. The first-order valence-corrected chi connectivity index (χ1v) is 9.60. The van der Waals surface area contributed by atoms with Gasteiger partial charge in [-0.25, -0.2) is 4.90 Å². The smallest absolute Gasteiger partial charge is 0.305 e. The molecule has 4 N–H and O–H groups in total. The van der Waals surface area contributed by atoms with Crippen LogP contribution in [-0.4, -0.2) is 47.2 Å². The van der Waals surface area contributed by atoms with Crippen molar-refractivity contribution in [1.82, 2.24) is 5.32 Å². The Balaban J connectivity index is 1.79. The summed E-state index contributed by atoms with van der Waals surface area (Å²) in [6.45, 7) is 0. The molecule has 0 spiro atoms. The highest BCUT2D eigenvalue weighted by Crippen LogP contribution is 2.31. The molecule has 0 aromatic heterocycles. The zero-order valence-electron chi connectivity index (χ0n) is 16.5. The van der Waals surface area contributed by atoms with E-state index in [0.717, 1.165) is 4.90 Å². The third kappa shape index (κ3) is 4.67. The van der Waals surface area contributed by atoms with Crippen LogP contribution in [0.4, 0.5) is 5.69 Å². The van der Waals surface area contributed by atoms with Gasteiger partial charge in [-0.05, 0) is 30.2 Å². The minimum Gasteiger partial charge on any atom is -0.481 e. The van der Waals surface area contributed by atoms with Gasteiger partial charge in [0.05, 0.1) is 29.3 Å². The monoisotopic (exact) mass is 423 g/mol. The van der Waals surface area contributed by atoms with Gasteiger partial charge >= 0.3 is 5.97 Å². The van der Waals surface area contributed by atoms with Gasteiger partial charge in [0, 0.05) is 12.5 Å². The number of anilines is 1. The Labute approximate surface area is 177 Å². The molecule has 31 heavy (non-hydrogen) atoms. The quantitative estimate of drug-likeness (QED) is 0.401. The van der Waals surface area contributed by atoms with E-state index in [1.165, 1.54) is 0 Å². The molecule has 9 heteroatoms. The number of para-hydroxylation sites is 1. The van der Waals surface area contributed by atoms with E-state index in [1.807, 2.05) is 0 Å². The normalized spacial score (nSPS) is 14.7. The summed E-state index contributed by atoms with van der Waals surface area (Å²) in [5, 5.41) is 11.4. The number of hydrogen-bond donors (Lipinski definition) is 3. The third-order valence-corrected chi connectivity index (χ3v) is 4.95. The summed E-state index contributed by atoms with van der Waals surface area (Å²) in [6, 6.07) is 11.2. The maximum Gasteiger partial charge on any atom is 0.305 e. The van der Waals surface area contributed by atoms with Gasteiger partial charge in [-0.2, -0.15) is 0 Å². The van der Waals surface area contributed by atoms with Crippen molar-refractivity contribution in [3.63, 3.8) is 0 Å². The molecular weight excluding hydrogens is 402 g/mol. The Morgan fingerprint density at radius 2 is 1.61 bits per heavy atom. The SMILES string of the molecule is N[C@@H](Cc1ccccc1N1C(=O)c2ccccc2C1=O)C(=O)N[C@@H](CC=O)CC(=O)O. The number of carboxylic acid groups (broad SMARTS) is 1. The van der Waals surface area contributed by atoms with Crippen LogP contribution in [-0.2, 0) is 20.8 Å². The van der Waals surface area contributed by atoms with Crippen molar-refractivity contribution in [2.75, 3.05) is 4.90 Å². The molecule has 3 rings (SSSR count). The highest BCUT2D eigenvalue weighted by atomic mass is 16.4. The van der Waals surface area contributed by atoms with Gasteiger partial charge < -0.3 is 21.0 Å². The Morgan fingerprint density at radius 3 is 2.19 bits per heavy atom. The Hall–Kier alpha value is -3.85. The Morgan fingerprint density at radius 1 is 1.03 bits per heavy atom. The molecule has 3 amide bonds. The van der Waals surface area contributed by atoms with Gasteiger partial charge in [0.15, 0.2) is 0 Å². The minimum absolute atomic E-state index is 0.00368. The van der Waals surface area contributed by atoms with Crippen molar-refractivity contribution >= 4 is 35.7 Å². The standard InChI is InChI=1S/C22H21N3O6/c23-17(20(29)24-14(9-10-26)12-19(27)28)11-13-5-1-4-8-18(13)25-21(30)15-6-2-3-7-16(15)22(25)31/h1-8,10,14,17H,9,11-12,23H2,(H,24,29)(H,27,28)/t14-,17-/m0/s1. The maximum atomic E-state index is 12.8. The first-order valence-electron chi connectivity index (χ1n) is 9.60. The van der Waals surface area contributed by atoms with E-state index in [2.05, 4.69) is 5.32 Å². The van der Waals surface area contributed by atoms with Gasteiger partial charge in [-0.1, -0.05) is 30.3 Å². The van der Waals surface area contributed by atoms with Crippen molar-refractivity contribution in [1.29, 1.82) is 0 Å². The van der Waals surface area contributed by atoms with E-state index in [1.54, 1.807) is 48.5 Å². The fraction of sp³-hybridized carbons (Fsp3) is 0.227. The zero-order chi connectivity index (χ0) is 22.5. The summed E-state index contributed by atoms with van der Waals surface area (Å²) < 4.78 is 0. The third-order valence-electron chi connectivity index (χ3n) is 4.95. The summed E-state index contributed by atoms with van der Waals surface area (Å²) in [7, 11) is 0. The van der Waals surface area contributed by atoms with Crippen LogP contribution < -0.4 is 16.0 Å². The fourth-order valence-electron chi connectivity index (χ4n) is 3.47. The van der Waals surface area contributed by atoms with E-state index in [0.29, 0.717) is 28.7 Å². The molecule has 1 aliphatic heterocycles. The number of nitrogens with two attached hydrogens (primary N) is 1. The number of nitrogens with one attached hydrogen (secondary N) is 1. The lowest BCUT2D eigenvalue weighted by molar-refractivity contribution is -0.137. The lowest BCUT2D eigenvalue weighted by Gasteiger charge is -2.21. The van der Waals surface area contributed by atoms with E-state index in [9.17, 15) is 24.0 Å². The number of amides is 3. The first-order chi connectivity index (χ1) is 14.8. The Kier molecular flexibility index (Phi) is 6.56. The molecule has 0 saturated heterocycles. The lowest BCUT2D eigenvalue weighted by Crippen LogP contribution is -2.47. The van der Waals surface area contributed by atoms with E-state index in [-0.39, 0.29) is 12.8 Å². The number of nitrogens with zero attached hydrogens (tertiary/aromatic N) is 1. The van der Waals surface area contributed by atoms with Crippen LogP contribution in [0.25, 0.3) is 0 Å². The number of carbonyl (C=O) groups is 5. The molecule has 2 aromatic rings. The van der Waals surface area contributed by atoms with E-state index in [4.69, 9.17) is 10.8 Å². The molecule has 1 aliphatic rings. The van der Waals surface area contributed by atoms with Crippen LogP contribution in [0.1, 0.15) is 39.1 Å². The van der Waals surface area contributed by atoms with Gasteiger partial charge in [0.25, 0.3) is 11.8 Å². The van der Waals surface area contributed by atoms with Crippen LogP contribution in [0.5, 0.6) is 0 Å². The summed E-state index contributed by atoms with van der Waals surface area (Å²) >= 11 is 0. The van der Waals surface area contributed by atoms with Gasteiger partial charge in [-0.3, -0.25) is 19.2 Å². The fourth-order valence-corrected chi connectivity index (χ4v) is 3.47. The molecule has 2 aromatic carbocycles. The number of aliphatic carboxylic acids is 1. The molecule has 0 aliphatic carbocycles. The molecule has 0 saturated carbocycles. The predicted octanol–water partition coefficient (Wildman–Crippen LogP) is 0.905. The van der Waals surface area contributed by atoms with Crippen LogP contribution in [0.2, 0.25) is 0 Å². The van der Waals surface area contributed by atoms with Crippen LogP contribution in [0.3, 0.4) is 0 Å². The molecule has 1 heterocycles. The van der Waals surface area contributed by atoms with Gasteiger partial charge in [-0.15, -0.1) is 0 Å². The average molecular weight is 423 g/mol. The van der Waals surface area contributed by atoms with Crippen molar-refractivity contribution in [3.8, 4) is 0 Å². The molecular formula is C22H21N3O6. The molecule has 160 valence electrons. The number of fused-ring (bicyclic) bond motifs is 1. The molecule has 0 bridgehead atoms. The second-order valence-corrected chi connectivity index (χ2v) is 7.14. The number of benzene rings is 2. The van der Waals surface area contributed by atoms with Crippen LogP contribution >= 0.6 is 0 Å². The maximum absolute atomic E-state index is 12.8. The molecule has 0 radical (unpaired) electrons. The van der Waals surface area contributed by atoms with Gasteiger partial charge in [0.1, 0.15) is 6.29 Å². The van der Waals surface area contributed by atoms with Crippen molar-refractivity contribution in [3.05, 3.63) is 65.2 Å². The first kappa shape index (κ1) is 21.8. The highest BCUT2D eigenvalue weighted by molar-refractivity contribution is 6.34. The number of imide groups is 1. The Bertz CT molecular complexity index is 1020. The minimum atomic E-state index is -1.16. The predicted molar refractivity (Wildman–Crippen MR) is 111 cm³/mol. The van der Waals surface area contributed by atoms with E-state index < -0.39 is 42.2 Å². The second kappa shape index (κ2) is 9.31. The van der Waals surface area contributed by atoms with Crippen molar-refractivity contribution in [2.45, 2.75) is 31.3 Å². The zero-order valence-corrected chi connectivity index (χ0v) is 16.5. The molecule has 9 nitrogen and oxygen atoms in total. The topological polar surface area (TPSA) is 147 Å². The molecule has 2 atom stereocenters. The molecule has 0 unspecified atom stereocenters. The van der Waals surface area contributed by atoms with Crippen molar-refractivity contribution < 1.29 is 29.1 Å². The lowest BCUT2D eigenvalue weighted by atomic mass is 10.0.